The second kappa shape index (κ2) is 8.98. The third-order valence-corrected chi connectivity index (χ3v) is 1.88. The van der Waals surface area contributed by atoms with E-state index in [0.29, 0.717) is 6.42 Å². The van der Waals surface area contributed by atoms with Crippen LogP contribution in [-0.4, -0.2) is 19.4 Å². The maximum Gasteiger partial charge on any atom is 0.123 e. The Morgan fingerprint density at radius 3 is 2.50 bits per heavy atom. The first-order valence-electron chi connectivity index (χ1n) is 5.03. The van der Waals surface area contributed by atoms with Crippen LogP contribution in [0.5, 0.6) is 0 Å². The van der Waals surface area contributed by atoms with Crippen LogP contribution in [0, 0.1) is 0 Å². The summed E-state index contributed by atoms with van der Waals surface area (Å²) in [5.74, 6) is 0. The second-order valence-corrected chi connectivity index (χ2v) is 3.14. The average molecular weight is 176 g/mol. The van der Waals surface area contributed by atoms with Crippen molar-refractivity contribution in [2.75, 3.05) is 13.2 Å². The molecule has 0 N–H and O–H groups in total. The van der Waals surface area contributed by atoms with Gasteiger partial charge >= 0.3 is 0 Å². The van der Waals surface area contributed by atoms with Gasteiger partial charge in [0, 0.05) is 6.61 Å². The molecule has 0 heterocycles. The summed E-state index contributed by atoms with van der Waals surface area (Å²) in [6.07, 6.45) is 4.58. The Bertz CT molecular complexity index is 85.9. The fraction of sp³-hybridized carbons (Fsp3) is 1.00. The highest BCUT2D eigenvalue weighted by atomic mass is 19.1. The molecule has 0 aliphatic carbocycles. The fourth-order valence-electron chi connectivity index (χ4n) is 0.960. The summed E-state index contributed by atoms with van der Waals surface area (Å²) in [5.41, 5.74) is 0. The minimum absolute atomic E-state index is 0.280. The molecule has 74 valence electrons. The van der Waals surface area contributed by atoms with Crippen molar-refractivity contribution < 1.29 is 9.13 Å². The summed E-state index contributed by atoms with van der Waals surface area (Å²) in [7, 11) is 0. The zero-order chi connectivity index (χ0) is 9.23. The summed E-state index contributed by atoms with van der Waals surface area (Å²) < 4.78 is 17.7. The molecule has 0 fully saturated rings. The highest BCUT2D eigenvalue weighted by Crippen LogP contribution is 2.01. The number of hydrogen-bond donors (Lipinski definition) is 0. The lowest BCUT2D eigenvalue weighted by molar-refractivity contribution is 0.0765. The average Bonchev–Trinajstić information content (AvgIpc) is 2.10. The van der Waals surface area contributed by atoms with Crippen molar-refractivity contribution in [3.8, 4) is 0 Å². The number of rotatable bonds is 8. The molecule has 0 amide bonds. The minimum Gasteiger partial charge on any atom is -0.378 e. The van der Waals surface area contributed by atoms with Gasteiger partial charge in [-0.2, -0.15) is 0 Å². The second-order valence-electron chi connectivity index (χ2n) is 3.14. The van der Waals surface area contributed by atoms with Gasteiger partial charge in [-0.15, -0.1) is 0 Å². The third kappa shape index (κ3) is 7.99. The number of ether oxygens (including phenoxy) is 1. The van der Waals surface area contributed by atoms with E-state index < -0.39 is 6.17 Å². The molecule has 0 aromatic rings. The Hall–Kier alpha value is -0.110. The molecule has 0 saturated heterocycles. The van der Waals surface area contributed by atoms with Crippen molar-refractivity contribution in [2.45, 2.75) is 52.1 Å². The van der Waals surface area contributed by atoms with Gasteiger partial charge in [-0.3, -0.25) is 0 Å². The minimum atomic E-state index is -0.767. The number of halogens is 1. The van der Waals surface area contributed by atoms with E-state index >= 15 is 0 Å². The summed E-state index contributed by atoms with van der Waals surface area (Å²) in [5, 5.41) is 0. The van der Waals surface area contributed by atoms with Crippen LogP contribution in [0.3, 0.4) is 0 Å². The Morgan fingerprint density at radius 2 is 1.92 bits per heavy atom. The van der Waals surface area contributed by atoms with Crippen LogP contribution in [0.25, 0.3) is 0 Å². The van der Waals surface area contributed by atoms with Gasteiger partial charge in [0.1, 0.15) is 6.17 Å². The first-order valence-corrected chi connectivity index (χ1v) is 5.03. The van der Waals surface area contributed by atoms with Crippen molar-refractivity contribution in [3.63, 3.8) is 0 Å². The predicted octanol–water partition coefficient (Wildman–Crippen LogP) is 3.33. The fourth-order valence-corrected chi connectivity index (χ4v) is 0.960. The van der Waals surface area contributed by atoms with E-state index in [1.807, 2.05) is 6.92 Å². The molecule has 0 spiro atoms. The molecule has 0 radical (unpaired) electrons. The standard InChI is InChI=1S/C10H21FO/c1-3-5-6-7-8-12-9-10(11)4-2/h10H,3-9H2,1-2H3. The quantitative estimate of drug-likeness (QED) is 0.515. The van der Waals surface area contributed by atoms with Gasteiger partial charge in [-0.05, 0) is 12.8 Å². The Kier molecular flexibility index (Phi) is 8.90. The molecule has 0 aromatic carbocycles. The molecular weight excluding hydrogens is 155 g/mol. The lowest BCUT2D eigenvalue weighted by Crippen LogP contribution is -2.09. The predicted molar refractivity (Wildman–Crippen MR) is 50.1 cm³/mol. The van der Waals surface area contributed by atoms with Gasteiger partial charge < -0.3 is 4.74 Å². The van der Waals surface area contributed by atoms with Gasteiger partial charge in [-0.1, -0.05) is 33.1 Å². The van der Waals surface area contributed by atoms with E-state index in [0.717, 1.165) is 13.0 Å². The van der Waals surface area contributed by atoms with Crippen LogP contribution in [0.1, 0.15) is 46.0 Å². The van der Waals surface area contributed by atoms with Crippen LogP contribution < -0.4 is 0 Å². The summed E-state index contributed by atoms with van der Waals surface area (Å²) >= 11 is 0. The van der Waals surface area contributed by atoms with Crippen LogP contribution >= 0.6 is 0 Å². The molecule has 1 atom stereocenters. The molecule has 12 heavy (non-hydrogen) atoms. The highest BCUT2D eigenvalue weighted by Gasteiger charge is 2.01. The molecular formula is C10H21FO. The van der Waals surface area contributed by atoms with Gasteiger partial charge in [0.05, 0.1) is 6.61 Å². The zero-order valence-corrected chi connectivity index (χ0v) is 8.31. The molecule has 0 aromatic heterocycles. The number of alkyl halides is 1. The SMILES string of the molecule is CCCCCCOCC(F)CC. The van der Waals surface area contributed by atoms with Gasteiger partial charge in [0.25, 0.3) is 0 Å². The van der Waals surface area contributed by atoms with Gasteiger partial charge in [0.2, 0.25) is 0 Å². The van der Waals surface area contributed by atoms with E-state index in [2.05, 4.69) is 6.92 Å². The van der Waals surface area contributed by atoms with E-state index in [-0.39, 0.29) is 6.61 Å². The van der Waals surface area contributed by atoms with E-state index in [4.69, 9.17) is 4.74 Å². The molecule has 0 rings (SSSR count). The van der Waals surface area contributed by atoms with Crippen LogP contribution in [0.15, 0.2) is 0 Å². The Balaban J connectivity index is 2.90. The third-order valence-electron chi connectivity index (χ3n) is 1.88. The maximum absolute atomic E-state index is 12.6. The number of hydrogen-bond acceptors (Lipinski definition) is 1. The molecule has 0 aliphatic heterocycles. The molecule has 0 aliphatic rings. The smallest absolute Gasteiger partial charge is 0.123 e. The monoisotopic (exact) mass is 176 g/mol. The van der Waals surface area contributed by atoms with Crippen LogP contribution in [0.2, 0.25) is 0 Å². The van der Waals surface area contributed by atoms with Crippen LogP contribution in [-0.2, 0) is 4.74 Å². The maximum atomic E-state index is 12.6. The topological polar surface area (TPSA) is 9.23 Å². The largest absolute Gasteiger partial charge is 0.378 e. The molecule has 2 heteroatoms. The first kappa shape index (κ1) is 11.9. The van der Waals surface area contributed by atoms with Crippen molar-refractivity contribution >= 4 is 0 Å². The molecule has 1 unspecified atom stereocenters. The lowest BCUT2D eigenvalue weighted by atomic mass is 10.2. The van der Waals surface area contributed by atoms with Gasteiger partial charge in [0.15, 0.2) is 0 Å². The normalized spacial score (nSPS) is 13.2. The zero-order valence-electron chi connectivity index (χ0n) is 8.31. The highest BCUT2D eigenvalue weighted by molar-refractivity contribution is 4.49. The molecule has 0 bridgehead atoms. The molecule has 1 nitrogen and oxygen atoms in total. The number of unbranched alkanes of at least 4 members (excludes halogenated alkanes) is 3. The van der Waals surface area contributed by atoms with Crippen molar-refractivity contribution in [3.05, 3.63) is 0 Å². The van der Waals surface area contributed by atoms with Crippen LogP contribution in [0.4, 0.5) is 4.39 Å². The van der Waals surface area contributed by atoms with Crippen molar-refractivity contribution in [1.29, 1.82) is 0 Å². The summed E-state index contributed by atoms with van der Waals surface area (Å²) in [4.78, 5) is 0. The van der Waals surface area contributed by atoms with E-state index in [1.165, 1.54) is 19.3 Å². The summed E-state index contributed by atoms with van der Waals surface area (Å²) in [6.45, 7) is 5.02. The first-order chi connectivity index (χ1) is 5.81. The Morgan fingerprint density at radius 1 is 1.17 bits per heavy atom. The summed E-state index contributed by atoms with van der Waals surface area (Å²) in [6, 6.07) is 0. The lowest BCUT2D eigenvalue weighted by Gasteiger charge is -2.06. The Labute approximate surface area is 75.3 Å². The van der Waals surface area contributed by atoms with Crippen molar-refractivity contribution in [2.24, 2.45) is 0 Å². The van der Waals surface area contributed by atoms with E-state index in [1.54, 1.807) is 0 Å². The van der Waals surface area contributed by atoms with E-state index in [9.17, 15) is 4.39 Å². The van der Waals surface area contributed by atoms with Crippen molar-refractivity contribution in [1.82, 2.24) is 0 Å². The van der Waals surface area contributed by atoms with Gasteiger partial charge in [-0.25, -0.2) is 4.39 Å². The molecule has 0 saturated carbocycles.